The standard InChI is InChI=1S/C17H15.2ClH.2Zr/c1-2-13-11-15-9-6-10-16(17(15)12-13)14-7-4-3-5-8-14;;;;/h3-12H,2H2,1H3;2*1H;;/q-1;;;;. The Kier molecular flexibility index (Phi) is 12.4. The molecule has 0 aliphatic heterocycles. The van der Waals surface area contributed by atoms with Crippen LogP contribution in [0.5, 0.6) is 0 Å². The van der Waals surface area contributed by atoms with Crippen LogP contribution in [0.2, 0.25) is 0 Å². The molecule has 3 aromatic carbocycles. The number of halogens is 2. The number of hydrogen-bond donors (Lipinski definition) is 0. The topological polar surface area (TPSA) is 0 Å². The molecule has 0 fully saturated rings. The number of hydrogen-bond acceptors (Lipinski definition) is 0. The smallest absolute Gasteiger partial charge is 0 e. The van der Waals surface area contributed by atoms with Gasteiger partial charge in [-0.15, -0.1) is 59.3 Å². The molecule has 0 radical (unpaired) electrons. The van der Waals surface area contributed by atoms with Crippen molar-refractivity contribution < 1.29 is 52.4 Å². The van der Waals surface area contributed by atoms with Gasteiger partial charge in [0.25, 0.3) is 0 Å². The Labute approximate surface area is 177 Å². The molecule has 0 saturated carbocycles. The first-order valence-corrected chi connectivity index (χ1v) is 6.12. The van der Waals surface area contributed by atoms with Crippen LogP contribution in [0.1, 0.15) is 12.5 Å². The molecule has 0 N–H and O–H groups in total. The Morgan fingerprint density at radius 1 is 0.857 bits per heavy atom. The summed E-state index contributed by atoms with van der Waals surface area (Å²) in [5, 5.41) is 2.72. The van der Waals surface area contributed by atoms with E-state index in [-0.39, 0.29) is 77.2 Å². The summed E-state index contributed by atoms with van der Waals surface area (Å²) in [6, 6.07) is 21.8. The number of aryl methyl sites for hydroxylation is 1. The fourth-order valence-corrected chi connectivity index (χ4v) is 2.37. The van der Waals surface area contributed by atoms with Crippen molar-refractivity contribution in [3.63, 3.8) is 0 Å². The molecule has 0 amide bonds. The van der Waals surface area contributed by atoms with E-state index in [0.29, 0.717) is 0 Å². The SMILES string of the molecule is CCc1cc2c(-c3ccccc3)cccc2[cH-]1.Cl.Cl.[Zr].[Zr]. The van der Waals surface area contributed by atoms with E-state index >= 15 is 0 Å². The van der Waals surface area contributed by atoms with Crippen molar-refractivity contribution in [1.82, 2.24) is 0 Å². The quantitative estimate of drug-likeness (QED) is 0.423. The van der Waals surface area contributed by atoms with Gasteiger partial charge in [0.15, 0.2) is 0 Å². The van der Waals surface area contributed by atoms with Crippen LogP contribution in [0, 0.1) is 0 Å². The van der Waals surface area contributed by atoms with E-state index in [0.717, 1.165) is 6.42 Å². The molecule has 0 unspecified atom stereocenters. The average molecular weight is 475 g/mol. The molecule has 0 aliphatic rings. The van der Waals surface area contributed by atoms with Gasteiger partial charge in [-0.2, -0.15) is 6.07 Å². The molecule has 0 atom stereocenters. The molecule has 21 heavy (non-hydrogen) atoms. The molecule has 0 saturated heterocycles. The van der Waals surface area contributed by atoms with Crippen LogP contribution in [0.3, 0.4) is 0 Å². The number of benzene rings is 2. The Morgan fingerprint density at radius 3 is 2.14 bits per heavy atom. The van der Waals surface area contributed by atoms with Gasteiger partial charge in [-0.25, -0.2) is 0 Å². The van der Waals surface area contributed by atoms with Crippen LogP contribution >= 0.6 is 24.8 Å². The van der Waals surface area contributed by atoms with E-state index in [1.165, 1.54) is 27.5 Å². The summed E-state index contributed by atoms with van der Waals surface area (Å²) in [5.74, 6) is 0. The van der Waals surface area contributed by atoms with Crippen LogP contribution < -0.4 is 0 Å². The van der Waals surface area contributed by atoms with Crippen molar-refractivity contribution >= 4 is 35.6 Å². The number of fused-ring (bicyclic) bond motifs is 1. The van der Waals surface area contributed by atoms with Crippen molar-refractivity contribution in [2.75, 3.05) is 0 Å². The van der Waals surface area contributed by atoms with Gasteiger partial charge in [0.05, 0.1) is 0 Å². The molecule has 0 spiro atoms. The maximum atomic E-state index is 2.32. The summed E-state index contributed by atoms with van der Waals surface area (Å²) in [4.78, 5) is 0. The molecule has 0 aliphatic carbocycles. The number of rotatable bonds is 2. The van der Waals surface area contributed by atoms with Gasteiger partial charge in [-0.1, -0.05) is 48.9 Å². The van der Waals surface area contributed by atoms with Gasteiger partial charge >= 0.3 is 0 Å². The van der Waals surface area contributed by atoms with Crippen LogP contribution in [-0.4, -0.2) is 0 Å². The third kappa shape index (κ3) is 5.21. The van der Waals surface area contributed by atoms with Crippen molar-refractivity contribution in [3.8, 4) is 11.1 Å². The minimum absolute atomic E-state index is 0. The second-order valence-corrected chi connectivity index (χ2v) is 4.39. The van der Waals surface area contributed by atoms with Crippen LogP contribution in [0.4, 0.5) is 0 Å². The summed E-state index contributed by atoms with van der Waals surface area (Å²) >= 11 is 0. The van der Waals surface area contributed by atoms with Crippen LogP contribution in [0.25, 0.3) is 21.9 Å². The normalized spacial score (nSPS) is 8.81. The van der Waals surface area contributed by atoms with E-state index in [2.05, 4.69) is 67.6 Å². The molecule has 3 rings (SSSR count). The summed E-state index contributed by atoms with van der Waals surface area (Å²) in [6.07, 6.45) is 1.10. The van der Waals surface area contributed by atoms with Gasteiger partial charge in [-0.3, -0.25) is 0 Å². The molecule has 4 heteroatoms. The summed E-state index contributed by atoms with van der Waals surface area (Å²) < 4.78 is 0. The fourth-order valence-electron chi connectivity index (χ4n) is 2.37. The summed E-state index contributed by atoms with van der Waals surface area (Å²) in [5.41, 5.74) is 4.05. The van der Waals surface area contributed by atoms with E-state index in [1.54, 1.807) is 0 Å². The first-order valence-electron chi connectivity index (χ1n) is 6.12. The van der Waals surface area contributed by atoms with Gasteiger partial charge in [0.2, 0.25) is 0 Å². The Balaban J connectivity index is 0. The second kappa shape index (κ2) is 11.0. The molecule has 3 aromatic rings. The molecule has 0 aromatic heterocycles. The Bertz CT molecular complexity index is 648. The predicted molar refractivity (Wildman–Crippen MR) is 88.9 cm³/mol. The zero-order chi connectivity index (χ0) is 11.7. The summed E-state index contributed by atoms with van der Waals surface area (Å²) in [7, 11) is 0. The molecule has 0 bridgehead atoms. The molecule has 108 valence electrons. The maximum absolute atomic E-state index is 2.32. The minimum atomic E-state index is 0. The maximum Gasteiger partial charge on any atom is 0 e. The van der Waals surface area contributed by atoms with Gasteiger partial charge in [-0.05, 0) is 12.0 Å². The molecular formula is C17H17Cl2Zr2-. The van der Waals surface area contributed by atoms with Crippen LogP contribution in [-0.2, 0) is 58.8 Å². The second-order valence-electron chi connectivity index (χ2n) is 4.39. The first-order chi connectivity index (χ1) is 8.38. The Morgan fingerprint density at radius 2 is 1.52 bits per heavy atom. The first kappa shape index (κ1) is 23.7. The predicted octanol–water partition coefficient (Wildman–Crippen LogP) is 5.63. The third-order valence-corrected chi connectivity index (χ3v) is 3.30. The monoisotopic (exact) mass is 471 g/mol. The van der Waals surface area contributed by atoms with E-state index in [4.69, 9.17) is 0 Å². The van der Waals surface area contributed by atoms with Crippen molar-refractivity contribution in [2.45, 2.75) is 13.3 Å². The van der Waals surface area contributed by atoms with E-state index in [9.17, 15) is 0 Å². The molecular weight excluding hydrogens is 458 g/mol. The van der Waals surface area contributed by atoms with Crippen molar-refractivity contribution in [2.24, 2.45) is 0 Å². The van der Waals surface area contributed by atoms with Gasteiger partial charge in [0.1, 0.15) is 0 Å². The van der Waals surface area contributed by atoms with E-state index in [1.807, 2.05) is 0 Å². The average Bonchev–Trinajstić information content (AvgIpc) is 2.82. The van der Waals surface area contributed by atoms with Gasteiger partial charge < -0.3 is 0 Å². The minimum Gasteiger partial charge on any atom is -0.164 e. The van der Waals surface area contributed by atoms with Crippen molar-refractivity contribution in [1.29, 1.82) is 0 Å². The van der Waals surface area contributed by atoms with E-state index < -0.39 is 0 Å². The zero-order valence-corrected chi connectivity index (χ0v) is 18.3. The third-order valence-electron chi connectivity index (χ3n) is 3.30. The Hall–Kier alpha value is 0.396. The summed E-state index contributed by atoms with van der Waals surface area (Å²) in [6.45, 7) is 2.20. The molecule has 0 heterocycles. The van der Waals surface area contributed by atoms with Crippen molar-refractivity contribution in [3.05, 3.63) is 66.2 Å². The zero-order valence-electron chi connectivity index (χ0n) is 11.8. The van der Waals surface area contributed by atoms with Crippen LogP contribution in [0.15, 0.2) is 60.7 Å². The molecule has 0 nitrogen and oxygen atoms in total. The fraction of sp³-hybridized carbons (Fsp3) is 0.118. The van der Waals surface area contributed by atoms with Gasteiger partial charge in [0, 0.05) is 52.4 Å². The largest absolute Gasteiger partial charge is 0.164 e.